The number of piperidine rings is 4. The van der Waals surface area contributed by atoms with E-state index in [9.17, 15) is 24.0 Å². The van der Waals surface area contributed by atoms with Gasteiger partial charge in [0.05, 0.1) is 0 Å². The number of hydrogen-bond donors (Lipinski definition) is 5. The number of rotatable bonds is 4. The fraction of sp³-hybridized carbons (Fsp3) is 0.947. The number of nitrogens with one attached hydrogen (secondary N) is 5. The molecule has 0 spiro atoms. The second-order valence-electron chi connectivity index (χ2n) is 43.7. The summed E-state index contributed by atoms with van der Waals surface area (Å²) in [5, 5.41) is 16.9. The first-order chi connectivity index (χ1) is 54.4. The number of amides is 5. The van der Waals surface area contributed by atoms with E-state index in [1.54, 1.807) is 4.90 Å². The summed E-state index contributed by atoms with van der Waals surface area (Å²) in [6.45, 7) is 78.4. The van der Waals surface area contributed by atoms with Crippen molar-refractivity contribution in [3.8, 4) is 0 Å². The maximum atomic E-state index is 12.1. The molecule has 0 unspecified atom stereocenters. The fourth-order valence-corrected chi connectivity index (χ4v) is 17.3. The van der Waals surface area contributed by atoms with Crippen molar-refractivity contribution in [3.05, 3.63) is 0 Å². The molecule has 0 radical (unpaired) electrons. The Morgan fingerprint density at radius 1 is 0.305 bits per heavy atom. The maximum Gasteiger partial charge on any atom is 0.410 e. The molecule has 0 aromatic rings. The monoisotopic (exact) mass is 1670 g/mol. The first kappa shape index (κ1) is 106. The van der Waals surface area contributed by atoms with Crippen molar-refractivity contribution >= 4 is 30.5 Å². The van der Waals surface area contributed by atoms with E-state index in [0.29, 0.717) is 30.0 Å². The van der Waals surface area contributed by atoms with Crippen LogP contribution in [0.15, 0.2) is 0 Å². The molecule has 9 saturated heterocycles. The molecular formula is C94H186N14O10. The van der Waals surface area contributed by atoms with Gasteiger partial charge in [-0.1, -0.05) is 60.8 Å². The van der Waals surface area contributed by atoms with Crippen LogP contribution in [0.4, 0.5) is 24.0 Å². The predicted molar refractivity (Wildman–Crippen MR) is 487 cm³/mol. The molecule has 13 aliphatic rings. The third-order valence-electron chi connectivity index (χ3n) is 24.4. The number of nitrogens with zero attached hydrogens (tertiary/aromatic N) is 9. The summed E-state index contributed by atoms with van der Waals surface area (Å²) in [6.07, 6.45) is 26.0. The molecule has 4 saturated carbocycles. The smallest absolute Gasteiger partial charge is 0.410 e. The molecule has 13 rings (SSSR count). The van der Waals surface area contributed by atoms with Crippen LogP contribution < -0.4 is 26.6 Å². The highest BCUT2D eigenvalue weighted by atomic mass is 16.6. The average molecular weight is 1670 g/mol. The molecule has 24 heteroatoms. The van der Waals surface area contributed by atoms with Crippen LogP contribution in [-0.4, -0.2) is 306 Å². The summed E-state index contributed by atoms with van der Waals surface area (Å²) in [5.41, 5.74) is -1.54. The van der Waals surface area contributed by atoms with Crippen LogP contribution in [0.1, 0.15) is 323 Å². The van der Waals surface area contributed by atoms with Crippen LogP contribution in [0, 0.1) is 23.7 Å². The van der Waals surface area contributed by atoms with Crippen molar-refractivity contribution in [2.45, 2.75) is 404 Å². The van der Waals surface area contributed by atoms with Crippen molar-refractivity contribution in [1.29, 1.82) is 0 Å². The molecule has 9 heterocycles. The number of ether oxygens (including phenoxy) is 5. The van der Waals surface area contributed by atoms with Gasteiger partial charge in [0.15, 0.2) is 0 Å². The van der Waals surface area contributed by atoms with E-state index in [1.807, 2.05) is 123 Å². The summed E-state index contributed by atoms with van der Waals surface area (Å²) in [5.74, 6) is 3.06. The highest BCUT2D eigenvalue weighted by Crippen LogP contribution is 2.35. The van der Waals surface area contributed by atoms with Crippen molar-refractivity contribution in [2.24, 2.45) is 23.7 Å². The molecule has 0 aromatic heterocycles. The highest BCUT2D eigenvalue weighted by molar-refractivity contribution is 5.70. The average Bonchev–Trinajstić information content (AvgIpc) is 0.788. The van der Waals surface area contributed by atoms with Crippen LogP contribution >= 0.6 is 0 Å². The standard InChI is InChI=1S/C15H28N2O2.C14H26N2O2.C11H22N2O2.2C11H21NO2.C10H20N2.C9H18N2.2C6H13N.CH4/c1-14(2,3)19-13(18)16-9-10-17(12-7-6-8-12)15(4,5)11-16;1-11-10-15(13(17)18-14(2,3)4)8-9-16(11)12-6-5-7-12;1-10(2,3)15-9(14)13-7-6-12-11(4,5)8-13;2*1-9-6-5-7-12(8-9)10(13)14-11(2,3)4;1-10(2)8-11-6-7-12(10)9-4-3-5-9;1-8-7-10-5-6-11(8)9-3-2-4-9;2*1-6-3-2-4-7-5-6;/h12H,6-11H2,1-5H3;11-12H,5-10H2,1-4H3;12H,6-8H2,1-5H3;2*9H,5-8H2,1-4H3;9,11H,3-8H2,1-2H3;8-10H,2-7H2,1H3;2*6-7H,2-5H2,1H3;1H4/t;11-;;2*9-;;8-;2*6-;/m.1.10.110./s1. The largest absolute Gasteiger partial charge is 0.444 e. The van der Waals surface area contributed by atoms with Gasteiger partial charge < -0.3 is 74.8 Å². The molecule has 9 aliphatic heterocycles. The minimum absolute atomic E-state index is 0. The van der Waals surface area contributed by atoms with Crippen LogP contribution in [-0.2, 0) is 23.7 Å². The van der Waals surface area contributed by atoms with Crippen LogP contribution in [0.2, 0.25) is 0 Å². The van der Waals surface area contributed by atoms with E-state index in [-0.39, 0.29) is 60.2 Å². The van der Waals surface area contributed by atoms with Gasteiger partial charge in [-0.25, -0.2) is 24.0 Å². The predicted octanol–water partition coefficient (Wildman–Crippen LogP) is 17.0. The highest BCUT2D eigenvalue weighted by Gasteiger charge is 2.43. The zero-order valence-corrected chi connectivity index (χ0v) is 80.3. The summed E-state index contributed by atoms with van der Waals surface area (Å²) in [7, 11) is 0. The van der Waals surface area contributed by atoms with E-state index in [1.165, 1.54) is 174 Å². The number of piperazine rings is 5. The topological polar surface area (TPSA) is 221 Å². The lowest BCUT2D eigenvalue weighted by Gasteiger charge is -2.52. The lowest BCUT2D eigenvalue weighted by Crippen LogP contribution is -2.64. The van der Waals surface area contributed by atoms with Gasteiger partial charge in [-0.3, -0.25) is 19.6 Å². The van der Waals surface area contributed by atoms with Crippen LogP contribution in [0.3, 0.4) is 0 Å². The normalized spacial score (nSPS) is 26.8. The molecular weight excluding hydrogens is 1490 g/mol. The van der Waals surface area contributed by atoms with E-state index in [4.69, 9.17) is 23.7 Å². The third kappa shape index (κ3) is 41.2. The molecule has 13 fully saturated rings. The summed E-state index contributed by atoms with van der Waals surface area (Å²) >= 11 is 0. The zero-order chi connectivity index (χ0) is 87.3. The number of likely N-dealkylation sites (tertiary alicyclic amines) is 2. The van der Waals surface area contributed by atoms with E-state index in [2.05, 4.69) is 129 Å². The Balaban J connectivity index is 0.000000283. The number of carbonyl (C=O) groups is 5. The summed E-state index contributed by atoms with van der Waals surface area (Å²) in [6, 6.07) is 4.57. The quantitative estimate of drug-likeness (QED) is 0.165. The summed E-state index contributed by atoms with van der Waals surface area (Å²) < 4.78 is 26.9. The second kappa shape index (κ2) is 49.6. The number of hydrogen-bond acceptors (Lipinski definition) is 19. The third-order valence-corrected chi connectivity index (χ3v) is 24.4. The molecule has 0 aromatic carbocycles. The Morgan fingerprint density at radius 3 is 0.966 bits per heavy atom. The molecule has 4 aliphatic carbocycles. The van der Waals surface area contributed by atoms with Gasteiger partial charge in [0.1, 0.15) is 28.0 Å². The Hall–Kier alpha value is -4.01. The van der Waals surface area contributed by atoms with Gasteiger partial charge >= 0.3 is 30.5 Å². The first-order valence-electron chi connectivity index (χ1n) is 46.9. The Bertz CT molecular complexity index is 2780. The van der Waals surface area contributed by atoms with E-state index in [0.717, 1.165) is 140 Å². The van der Waals surface area contributed by atoms with Crippen molar-refractivity contribution < 1.29 is 47.7 Å². The second-order valence-corrected chi connectivity index (χ2v) is 43.7. The minimum Gasteiger partial charge on any atom is -0.444 e. The van der Waals surface area contributed by atoms with Gasteiger partial charge in [-0.05, 0) is 312 Å². The van der Waals surface area contributed by atoms with Crippen LogP contribution in [0.5, 0.6) is 0 Å². The molecule has 118 heavy (non-hydrogen) atoms. The Morgan fingerprint density at radius 2 is 0.653 bits per heavy atom. The van der Waals surface area contributed by atoms with Crippen LogP contribution in [0.25, 0.3) is 0 Å². The minimum atomic E-state index is -0.411. The van der Waals surface area contributed by atoms with Gasteiger partial charge in [0, 0.05) is 177 Å². The molecule has 24 nitrogen and oxygen atoms in total. The molecule has 5 amide bonds. The van der Waals surface area contributed by atoms with Crippen molar-refractivity contribution in [2.75, 3.05) is 151 Å². The molecule has 0 bridgehead atoms. The first-order valence-corrected chi connectivity index (χ1v) is 46.9. The molecule has 692 valence electrons. The summed E-state index contributed by atoms with van der Waals surface area (Å²) in [4.78, 5) is 78.9. The lowest BCUT2D eigenvalue weighted by atomic mass is 9.86. The van der Waals surface area contributed by atoms with E-state index < -0.39 is 16.8 Å². The zero-order valence-electron chi connectivity index (χ0n) is 80.3. The van der Waals surface area contributed by atoms with E-state index >= 15 is 0 Å². The fourth-order valence-electron chi connectivity index (χ4n) is 17.3. The van der Waals surface area contributed by atoms with Gasteiger partial charge in [0.2, 0.25) is 0 Å². The Labute approximate surface area is 723 Å². The van der Waals surface area contributed by atoms with Gasteiger partial charge in [-0.2, -0.15) is 0 Å². The SMILES string of the molecule is C.CC(C)(C)OC(=O)N1CCN(C2CCC2)C(C)(C)C1.CC1(C)CN(C(=O)OC(C)(C)C)CCN1.CC1(C)CNCCN1C1CCC1.C[C@@H]1CCCN(C(=O)OC(C)(C)C)C1.C[C@@H]1CCCNC1.C[C@@H]1CN(C(=O)OC(C)(C)C)CCN1C1CCC1.C[C@@H]1CNCCN1C1CCC1.C[C@H]1CCCN(C(=O)OC(C)(C)C)C1.C[C@H]1CCCNC1. The van der Waals surface area contributed by atoms with Gasteiger partial charge in [0.25, 0.3) is 0 Å². The Kier molecular flexibility index (Phi) is 44.7. The molecule has 5 N–H and O–H groups in total. The molecule has 6 atom stereocenters. The lowest BCUT2D eigenvalue weighted by molar-refractivity contribution is -0.0447. The maximum absolute atomic E-state index is 12.1. The van der Waals surface area contributed by atoms with Crippen molar-refractivity contribution in [1.82, 2.24) is 70.7 Å². The van der Waals surface area contributed by atoms with Crippen molar-refractivity contribution in [3.63, 3.8) is 0 Å². The van der Waals surface area contributed by atoms with Gasteiger partial charge in [-0.15, -0.1) is 0 Å². The number of carbonyl (C=O) groups excluding carboxylic acids is 5.